The number of aliphatic hydroxyl groups is 1. The summed E-state index contributed by atoms with van der Waals surface area (Å²) in [7, 11) is 0. The molecule has 0 aliphatic heterocycles. The molecule has 0 aromatic heterocycles. The molecule has 4 heteroatoms. The van der Waals surface area contributed by atoms with Gasteiger partial charge in [-0.2, -0.15) is 0 Å². The summed E-state index contributed by atoms with van der Waals surface area (Å²) in [6.07, 6.45) is 0.758. The average molecular weight is 301 g/mol. The minimum atomic E-state index is -0.719. The summed E-state index contributed by atoms with van der Waals surface area (Å²) >= 11 is 3.40. The van der Waals surface area contributed by atoms with Crippen LogP contribution in [0.15, 0.2) is 22.7 Å². The zero-order valence-corrected chi connectivity index (χ0v) is 12.2. The lowest BCUT2D eigenvalue weighted by Gasteiger charge is -2.26. The molecule has 96 valence electrons. The van der Waals surface area contributed by atoms with E-state index in [9.17, 15) is 5.11 Å². The summed E-state index contributed by atoms with van der Waals surface area (Å²) < 4.78 is 0.970. The number of nitrogen functional groups attached to an aromatic ring is 1. The zero-order chi connectivity index (χ0) is 13.1. The van der Waals surface area contributed by atoms with Crippen molar-refractivity contribution in [2.75, 3.05) is 17.6 Å². The van der Waals surface area contributed by atoms with E-state index in [0.717, 1.165) is 16.6 Å². The highest BCUT2D eigenvalue weighted by Gasteiger charge is 2.21. The van der Waals surface area contributed by atoms with Crippen molar-refractivity contribution in [1.29, 1.82) is 0 Å². The molecule has 0 saturated heterocycles. The van der Waals surface area contributed by atoms with Crippen LogP contribution in [0.3, 0.4) is 0 Å². The minimum Gasteiger partial charge on any atom is -0.397 e. The number of nitrogens with two attached hydrogens (primary N) is 1. The van der Waals surface area contributed by atoms with Crippen LogP contribution in [-0.4, -0.2) is 17.3 Å². The van der Waals surface area contributed by atoms with Gasteiger partial charge in [-0.05, 0) is 37.5 Å². The van der Waals surface area contributed by atoms with E-state index in [1.54, 1.807) is 0 Å². The molecular weight excluding hydrogens is 280 g/mol. The first-order valence-electron chi connectivity index (χ1n) is 5.81. The number of benzene rings is 1. The largest absolute Gasteiger partial charge is 0.397 e. The van der Waals surface area contributed by atoms with Gasteiger partial charge in [-0.15, -0.1) is 0 Å². The van der Waals surface area contributed by atoms with Crippen molar-refractivity contribution in [3.05, 3.63) is 22.7 Å². The van der Waals surface area contributed by atoms with Crippen LogP contribution < -0.4 is 11.1 Å². The van der Waals surface area contributed by atoms with Crippen LogP contribution in [0.5, 0.6) is 0 Å². The Bertz CT molecular complexity index is 378. The number of hydrogen-bond acceptors (Lipinski definition) is 3. The quantitative estimate of drug-likeness (QED) is 0.732. The third kappa shape index (κ3) is 4.96. The van der Waals surface area contributed by atoms with Crippen LogP contribution in [0.25, 0.3) is 0 Å². The van der Waals surface area contributed by atoms with Crippen LogP contribution in [0, 0.1) is 5.92 Å². The highest BCUT2D eigenvalue weighted by molar-refractivity contribution is 9.10. The zero-order valence-electron chi connectivity index (χ0n) is 10.6. The van der Waals surface area contributed by atoms with E-state index in [0.29, 0.717) is 18.2 Å². The second kappa shape index (κ2) is 5.74. The van der Waals surface area contributed by atoms with Gasteiger partial charge >= 0.3 is 0 Å². The maximum atomic E-state index is 10.2. The molecule has 0 aliphatic rings. The molecule has 3 nitrogen and oxygen atoms in total. The van der Waals surface area contributed by atoms with Crippen molar-refractivity contribution >= 4 is 27.3 Å². The molecule has 0 amide bonds. The molecule has 0 spiro atoms. The predicted molar refractivity (Wildman–Crippen MR) is 77.1 cm³/mol. The number of rotatable bonds is 5. The first kappa shape index (κ1) is 14.3. The minimum absolute atomic E-state index is 0.464. The van der Waals surface area contributed by atoms with Gasteiger partial charge in [0.15, 0.2) is 0 Å². The number of halogens is 1. The Balaban J connectivity index is 2.63. The number of anilines is 2. The van der Waals surface area contributed by atoms with Gasteiger partial charge in [0.05, 0.1) is 17.0 Å². The van der Waals surface area contributed by atoms with Crippen molar-refractivity contribution in [1.82, 2.24) is 0 Å². The summed E-state index contributed by atoms with van der Waals surface area (Å²) in [4.78, 5) is 0. The van der Waals surface area contributed by atoms with Crippen LogP contribution in [-0.2, 0) is 0 Å². The van der Waals surface area contributed by atoms with Gasteiger partial charge in [-0.25, -0.2) is 0 Å². The van der Waals surface area contributed by atoms with Gasteiger partial charge in [-0.3, -0.25) is 0 Å². The van der Waals surface area contributed by atoms with Gasteiger partial charge < -0.3 is 16.2 Å². The average Bonchev–Trinajstić information content (AvgIpc) is 2.17. The summed E-state index contributed by atoms with van der Waals surface area (Å²) in [6.45, 7) is 6.53. The van der Waals surface area contributed by atoms with Crippen LogP contribution in [0.1, 0.15) is 27.2 Å². The van der Waals surface area contributed by atoms with Crippen LogP contribution in [0.2, 0.25) is 0 Å². The summed E-state index contributed by atoms with van der Waals surface area (Å²) in [5.41, 5.74) is 6.67. The van der Waals surface area contributed by atoms with E-state index >= 15 is 0 Å². The van der Waals surface area contributed by atoms with Crippen molar-refractivity contribution in [2.24, 2.45) is 5.92 Å². The van der Waals surface area contributed by atoms with E-state index < -0.39 is 5.60 Å². The lowest BCUT2D eigenvalue weighted by atomic mass is 9.94. The van der Waals surface area contributed by atoms with Crippen LogP contribution >= 0.6 is 15.9 Å². The molecular formula is C13H21BrN2O. The fraction of sp³-hybridized carbons (Fsp3) is 0.538. The van der Waals surface area contributed by atoms with Gasteiger partial charge in [-0.1, -0.05) is 29.8 Å². The lowest BCUT2D eigenvalue weighted by Crippen LogP contribution is -2.35. The van der Waals surface area contributed by atoms with E-state index in [4.69, 9.17) is 5.73 Å². The predicted octanol–water partition coefficient (Wildman–Crippen LogP) is 3.24. The Hall–Kier alpha value is -0.740. The Labute approximate surface area is 112 Å². The van der Waals surface area contributed by atoms with Gasteiger partial charge in [0, 0.05) is 11.0 Å². The molecule has 4 N–H and O–H groups in total. The maximum Gasteiger partial charge on any atom is 0.0793 e. The molecule has 1 aromatic carbocycles. The van der Waals surface area contributed by atoms with E-state index in [-0.39, 0.29) is 0 Å². The highest BCUT2D eigenvalue weighted by Crippen LogP contribution is 2.25. The summed E-state index contributed by atoms with van der Waals surface area (Å²) in [5.74, 6) is 0.464. The van der Waals surface area contributed by atoms with Gasteiger partial charge in [0.25, 0.3) is 0 Å². The second-order valence-electron chi connectivity index (χ2n) is 5.18. The summed E-state index contributed by atoms with van der Waals surface area (Å²) in [6, 6.07) is 5.65. The molecule has 0 aliphatic carbocycles. The smallest absolute Gasteiger partial charge is 0.0793 e. The number of hydrogen-bond donors (Lipinski definition) is 3. The molecule has 0 heterocycles. The Morgan fingerprint density at radius 1 is 1.47 bits per heavy atom. The monoisotopic (exact) mass is 300 g/mol. The molecule has 0 saturated carbocycles. The number of nitrogens with one attached hydrogen (secondary N) is 1. The van der Waals surface area contributed by atoms with Crippen molar-refractivity contribution in [3.63, 3.8) is 0 Å². The molecule has 1 aromatic rings. The molecule has 0 bridgehead atoms. The van der Waals surface area contributed by atoms with Crippen molar-refractivity contribution < 1.29 is 5.11 Å². The molecule has 0 radical (unpaired) electrons. The molecule has 1 rings (SSSR count). The molecule has 1 unspecified atom stereocenters. The third-order valence-corrected chi connectivity index (χ3v) is 3.02. The summed E-state index contributed by atoms with van der Waals surface area (Å²) in [5, 5.41) is 13.4. The Morgan fingerprint density at radius 3 is 2.71 bits per heavy atom. The normalized spacial score (nSPS) is 14.7. The first-order valence-corrected chi connectivity index (χ1v) is 6.61. The second-order valence-corrected chi connectivity index (χ2v) is 6.10. The lowest BCUT2D eigenvalue weighted by molar-refractivity contribution is 0.0516. The highest BCUT2D eigenvalue weighted by atomic mass is 79.9. The first-order chi connectivity index (χ1) is 7.80. The molecule has 0 fully saturated rings. The fourth-order valence-electron chi connectivity index (χ4n) is 1.92. The Kier molecular flexibility index (Phi) is 4.83. The standard InChI is InChI=1S/C13H21BrN2O/c1-9(2)7-13(3,17)8-16-12-6-10(14)4-5-11(12)15/h4-6,9,16-17H,7-8,15H2,1-3H3. The van der Waals surface area contributed by atoms with Crippen molar-refractivity contribution in [3.8, 4) is 0 Å². The van der Waals surface area contributed by atoms with E-state index in [2.05, 4.69) is 35.1 Å². The molecule has 17 heavy (non-hydrogen) atoms. The topological polar surface area (TPSA) is 58.3 Å². The van der Waals surface area contributed by atoms with E-state index in [1.807, 2.05) is 25.1 Å². The fourth-order valence-corrected chi connectivity index (χ4v) is 2.28. The van der Waals surface area contributed by atoms with Gasteiger partial charge in [0.1, 0.15) is 0 Å². The third-order valence-electron chi connectivity index (χ3n) is 2.52. The van der Waals surface area contributed by atoms with Crippen molar-refractivity contribution in [2.45, 2.75) is 32.8 Å². The maximum absolute atomic E-state index is 10.2. The SMILES string of the molecule is CC(C)CC(C)(O)CNc1cc(Br)ccc1N. The van der Waals surface area contributed by atoms with Gasteiger partial charge in [0.2, 0.25) is 0 Å². The van der Waals surface area contributed by atoms with E-state index in [1.165, 1.54) is 0 Å². The molecule has 1 atom stereocenters. The van der Waals surface area contributed by atoms with Crippen LogP contribution in [0.4, 0.5) is 11.4 Å². The Morgan fingerprint density at radius 2 is 2.12 bits per heavy atom.